The van der Waals surface area contributed by atoms with Gasteiger partial charge in [0.1, 0.15) is 11.7 Å². The third kappa shape index (κ3) is 2.30. The highest BCUT2D eigenvalue weighted by Crippen LogP contribution is 2.37. The van der Waals surface area contributed by atoms with Crippen molar-refractivity contribution in [3.63, 3.8) is 0 Å². The number of ether oxygens (including phenoxy) is 2. The molecule has 0 aromatic heterocycles. The van der Waals surface area contributed by atoms with E-state index in [0.29, 0.717) is 0 Å². The Hall–Kier alpha value is -0.690. The number of carboxylic acid groups (broad SMARTS) is 1. The molecule has 0 aromatic carbocycles. The van der Waals surface area contributed by atoms with E-state index in [1.165, 1.54) is 0 Å². The van der Waals surface area contributed by atoms with E-state index in [-0.39, 0.29) is 13.0 Å². The van der Waals surface area contributed by atoms with E-state index in [1.807, 2.05) is 0 Å². The van der Waals surface area contributed by atoms with Crippen molar-refractivity contribution in [2.45, 2.75) is 57.2 Å². The fraction of sp³-hybridized carbons (Fsp3) is 0.909. The zero-order chi connectivity index (χ0) is 13.5. The van der Waals surface area contributed by atoms with E-state index in [4.69, 9.17) is 14.6 Å². The minimum absolute atomic E-state index is 0.0381. The molecule has 6 heteroatoms. The van der Waals surface area contributed by atoms with Crippen molar-refractivity contribution < 1.29 is 29.6 Å². The highest BCUT2D eigenvalue weighted by Gasteiger charge is 2.58. The maximum atomic E-state index is 11.0. The van der Waals surface area contributed by atoms with Crippen molar-refractivity contribution >= 4 is 5.97 Å². The van der Waals surface area contributed by atoms with Gasteiger partial charge in [-0.15, -0.1) is 0 Å². The van der Waals surface area contributed by atoms with Crippen LogP contribution in [0.5, 0.6) is 0 Å². The summed E-state index contributed by atoms with van der Waals surface area (Å²) in [6.45, 7) is 6.03. The summed E-state index contributed by atoms with van der Waals surface area (Å²) in [5.41, 5.74) is -4.19. The van der Waals surface area contributed by atoms with Crippen LogP contribution in [0.1, 0.15) is 34.1 Å². The second kappa shape index (κ2) is 4.20. The average molecular weight is 248 g/mol. The van der Waals surface area contributed by atoms with Gasteiger partial charge in [0.2, 0.25) is 0 Å². The molecule has 0 unspecified atom stereocenters. The van der Waals surface area contributed by atoms with Gasteiger partial charge in [0.25, 0.3) is 0 Å². The van der Waals surface area contributed by atoms with Crippen LogP contribution in [-0.2, 0) is 14.3 Å². The van der Waals surface area contributed by atoms with Crippen molar-refractivity contribution in [1.82, 2.24) is 0 Å². The van der Waals surface area contributed by atoms with Gasteiger partial charge >= 0.3 is 5.97 Å². The molecule has 1 heterocycles. The smallest absolute Gasteiger partial charge is 0.338 e. The summed E-state index contributed by atoms with van der Waals surface area (Å²) in [6.07, 6.45) is -0.843. The number of aliphatic carboxylic acids is 1. The SMILES string of the molecule is CC[C@@](O)([C@H]1COC(C)(C)O1)[C@](C)(O)C(=O)O. The summed E-state index contributed by atoms with van der Waals surface area (Å²) in [6, 6.07) is 0. The maximum Gasteiger partial charge on any atom is 0.338 e. The molecule has 0 aliphatic carbocycles. The summed E-state index contributed by atoms with van der Waals surface area (Å²) in [5, 5.41) is 29.4. The molecule has 1 fully saturated rings. The molecule has 1 saturated heterocycles. The maximum absolute atomic E-state index is 11.0. The number of carboxylic acids is 1. The van der Waals surface area contributed by atoms with Crippen LogP contribution in [0.25, 0.3) is 0 Å². The summed E-state index contributed by atoms with van der Waals surface area (Å²) in [5.74, 6) is -2.38. The van der Waals surface area contributed by atoms with Crippen LogP contribution in [0.3, 0.4) is 0 Å². The number of aliphatic hydroxyl groups is 2. The van der Waals surface area contributed by atoms with Gasteiger partial charge in [-0.3, -0.25) is 0 Å². The van der Waals surface area contributed by atoms with E-state index in [2.05, 4.69) is 0 Å². The van der Waals surface area contributed by atoms with E-state index in [0.717, 1.165) is 6.92 Å². The largest absolute Gasteiger partial charge is 0.479 e. The molecule has 0 radical (unpaired) electrons. The van der Waals surface area contributed by atoms with Gasteiger partial charge in [-0.2, -0.15) is 0 Å². The lowest BCUT2D eigenvalue weighted by Gasteiger charge is -2.41. The highest BCUT2D eigenvalue weighted by atomic mass is 16.7. The topological polar surface area (TPSA) is 96.2 Å². The predicted molar refractivity (Wildman–Crippen MR) is 58.4 cm³/mol. The average Bonchev–Trinajstić information content (AvgIpc) is 2.57. The van der Waals surface area contributed by atoms with Crippen LogP contribution in [0.2, 0.25) is 0 Å². The van der Waals surface area contributed by atoms with E-state index < -0.39 is 29.1 Å². The number of rotatable bonds is 4. The molecular formula is C11H20O6. The fourth-order valence-electron chi connectivity index (χ4n) is 1.99. The van der Waals surface area contributed by atoms with Gasteiger partial charge in [0.05, 0.1) is 6.61 Å². The van der Waals surface area contributed by atoms with Crippen LogP contribution in [0.4, 0.5) is 0 Å². The molecule has 0 saturated carbocycles. The van der Waals surface area contributed by atoms with Crippen molar-refractivity contribution in [3.8, 4) is 0 Å². The zero-order valence-corrected chi connectivity index (χ0v) is 10.6. The van der Waals surface area contributed by atoms with Gasteiger partial charge in [-0.1, -0.05) is 6.92 Å². The Kier molecular flexibility index (Phi) is 3.55. The molecule has 0 bridgehead atoms. The van der Waals surface area contributed by atoms with Crippen LogP contribution < -0.4 is 0 Å². The number of hydrogen-bond donors (Lipinski definition) is 3. The van der Waals surface area contributed by atoms with E-state index >= 15 is 0 Å². The summed E-state index contributed by atoms with van der Waals surface area (Å²) >= 11 is 0. The molecule has 100 valence electrons. The quantitative estimate of drug-likeness (QED) is 0.653. The molecule has 6 nitrogen and oxygen atoms in total. The minimum Gasteiger partial charge on any atom is -0.479 e. The summed E-state index contributed by atoms with van der Waals surface area (Å²) in [7, 11) is 0. The van der Waals surface area contributed by atoms with Crippen LogP contribution >= 0.6 is 0 Å². The molecule has 0 aromatic rings. The van der Waals surface area contributed by atoms with Gasteiger partial charge in [-0.25, -0.2) is 4.79 Å². The van der Waals surface area contributed by atoms with Gasteiger partial charge in [-0.05, 0) is 27.2 Å². The monoisotopic (exact) mass is 248 g/mol. The molecular weight excluding hydrogens is 228 g/mol. The van der Waals surface area contributed by atoms with Gasteiger partial charge in [0, 0.05) is 0 Å². The lowest BCUT2D eigenvalue weighted by atomic mass is 9.78. The fourth-order valence-corrected chi connectivity index (χ4v) is 1.99. The van der Waals surface area contributed by atoms with Gasteiger partial charge in [0.15, 0.2) is 11.4 Å². The Balaban J connectivity index is 3.02. The third-order valence-electron chi connectivity index (χ3n) is 3.34. The summed E-state index contributed by atoms with van der Waals surface area (Å²) in [4.78, 5) is 11.0. The summed E-state index contributed by atoms with van der Waals surface area (Å²) < 4.78 is 10.7. The highest BCUT2D eigenvalue weighted by molar-refractivity contribution is 5.78. The third-order valence-corrected chi connectivity index (χ3v) is 3.34. The molecule has 17 heavy (non-hydrogen) atoms. The first-order valence-corrected chi connectivity index (χ1v) is 5.57. The Labute approximate surface area is 100 Å². The Morgan fingerprint density at radius 1 is 1.47 bits per heavy atom. The molecule has 1 aliphatic rings. The van der Waals surface area contributed by atoms with Crippen LogP contribution in [-0.4, -0.2) is 51.0 Å². The molecule has 1 aliphatic heterocycles. The zero-order valence-electron chi connectivity index (χ0n) is 10.6. The first-order chi connectivity index (χ1) is 7.57. The second-order valence-corrected chi connectivity index (χ2v) is 4.97. The Morgan fingerprint density at radius 2 is 2.00 bits per heavy atom. The van der Waals surface area contributed by atoms with E-state index in [9.17, 15) is 15.0 Å². The normalized spacial score (nSPS) is 30.6. The van der Waals surface area contributed by atoms with Gasteiger partial charge < -0.3 is 24.8 Å². The Morgan fingerprint density at radius 3 is 2.29 bits per heavy atom. The van der Waals surface area contributed by atoms with Crippen LogP contribution in [0.15, 0.2) is 0 Å². The van der Waals surface area contributed by atoms with E-state index in [1.54, 1.807) is 20.8 Å². The first kappa shape index (κ1) is 14.4. The minimum atomic E-state index is -2.30. The first-order valence-electron chi connectivity index (χ1n) is 5.57. The molecule has 0 amide bonds. The number of carbonyl (C=O) groups is 1. The molecule has 3 atom stereocenters. The second-order valence-electron chi connectivity index (χ2n) is 4.97. The number of hydrogen-bond acceptors (Lipinski definition) is 5. The van der Waals surface area contributed by atoms with Crippen molar-refractivity contribution in [3.05, 3.63) is 0 Å². The lowest BCUT2D eigenvalue weighted by Crippen LogP contribution is -2.64. The molecule has 3 N–H and O–H groups in total. The van der Waals surface area contributed by atoms with Crippen LogP contribution in [0, 0.1) is 0 Å². The molecule has 0 spiro atoms. The predicted octanol–water partition coefficient (Wildman–Crippen LogP) is 0.115. The van der Waals surface area contributed by atoms with Crippen molar-refractivity contribution in [2.24, 2.45) is 0 Å². The van der Waals surface area contributed by atoms with Crippen molar-refractivity contribution in [2.75, 3.05) is 6.61 Å². The lowest BCUT2D eigenvalue weighted by molar-refractivity contribution is -0.229. The Bertz CT molecular complexity index is 311. The van der Waals surface area contributed by atoms with Crippen molar-refractivity contribution in [1.29, 1.82) is 0 Å². The standard InChI is InChI=1S/C11H20O6/c1-5-11(15,10(4,14)8(12)13)7-6-16-9(2,3)17-7/h7,14-15H,5-6H2,1-4H3,(H,12,13)/t7-,10-,11-/m1/s1. The molecule has 1 rings (SSSR count).